The molecule has 1 fully saturated rings. The number of nitrogens with zero attached hydrogens (tertiary/aromatic N) is 1. The molecule has 0 aromatic heterocycles. The van der Waals surface area contributed by atoms with E-state index in [1.807, 2.05) is 0 Å². The molecule has 1 unspecified atom stereocenters. The second-order valence-corrected chi connectivity index (χ2v) is 8.82. The maximum absolute atomic E-state index is 13.9. The van der Waals surface area contributed by atoms with Crippen molar-refractivity contribution >= 4 is 47.8 Å². The van der Waals surface area contributed by atoms with Gasteiger partial charge in [0.15, 0.2) is 17.0 Å². The van der Waals surface area contributed by atoms with E-state index in [4.69, 9.17) is 10.5 Å². The van der Waals surface area contributed by atoms with Gasteiger partial charge in [-0.05, 0) is 49.2 Å². The number of halogens is 4. The molecule has 0 bridgehead atoms. The minimum absolute atomic E-state index is 0. The molecule has 1 heterocycles. The molecule has 2 aromatic carbocycles. The zero-order valence-electron chi connectivity index (χ0n) is 19.2. The molecule has 3 N–H and O–H groups in total. The number of anilines is 1. The third-order valence-corrected chi connectivity index (χ3v) is 6.23. The van der Waals surface area contributed by atoms with E-state index < -0.39 is 46.8 Å². The van der Waals surface area contributed by atoms with Crippen molar-refractivity contribution in [1.82, 2.24) is 4.90 Å². The Morgan fingerprint density at radius 1 is 1.14 bits per heavy atom. The van der Waals surface area contributed by atoms with Crippen LogP contribution in [0.25, 0.3) is 0 Å². The first-order valence-electron chi connectivity index (χ1n) is 10.7. The average molecular weight is 548 g/mol. The van der Waals surface area contributed by atoms with Gasteiger partial charge in [0.25, 0.3) is 5.91 Å². The molecule has 1 saturated heterocycles. The Balaban J connectivity index is 0.00000456. The highest BCUT2D eigenvalue weighted by Crippen LogP contribution is 2.27. The highest BCUT2D eigenvalue weighted by Gasteiger charge is 2.35. The number of thioether (sulfide) groups is 1. The second kappa shape index (κ2) is 13.4. The van der Waals surface area contributed by atoms with Gasteiger partial charge in [0.1, 0.15) is 11.6 Å². The lowest BCUT2D eigenvalue weighted by molar-refractivity contribution is -0.135. The summed E-state index contributed by atoms with van der Waals surface area (Å²) in [7, 11) is 0. The maximum atomic E-state index is 13.9. The molecule has 8 nitrogen and oxygen atoms in total. The smallest absolute Gasteiger partial charge is 0.434 e. The van der Waals surface area contributed by atoms with Crippen molar-refractivity contribution in [3.8, 4) is 5.75 Å². The van der Waals surface area contributed by atoms with Gasteiger partial charge < -0.3 is 25.4 Å². The summed E-state index contributed by atoms with van der Waals surface area (Å²) in [4.78, 5) is 38.3. The van der Waals surface area contributed by atoms with E-state index in [0.717, 1.165) is 6.07 Å². The van der Waals surface area contributed by atoms with Crippen molar-refractivity contribution in [2.75, 3.05) is 24.2 Å². The van der Waals surface area contributed by atoms with E-state index in [1.165, 1.54) is 40.9 Å². The standard InChI is InChI=1S/C23H24F3N3O5S.ClH/c1-2-33-23(32)34-16-5-3-15(4-6-16)28-21(31)22-29(7-8-35-22)20(30)11-14(27)9-13-10-18(25)19(26)12-17(13)24;/h3-6,10,12,14,22H,2,7-9,11,27H2,1H3,(H,28,31);1H/t14-,22?;/m1./s1. The molecule has 2 aromatic rings. The quantitative estimate of drug-likeness (QED) is 0.293. The summed E-state index contributed by atoms with van der Waals surface area (Å²) in [5, 5.41) is 1.90. The number of nitrogens with one attached hydrogen (secondary N) is 1. The van der Waals surface area contributed by atoms with Gasteiger partial charge in [-0.15, -0.1) is 24.2 Å². The fourth-order valence-electron chi connectivity index (χ4n) is 3.41. The molecule has 2 atom stereocenters. The van der Waals surface area contributed by atoms with Crippen molar-refractivity contribution in [3.05, 3.63) is 59.4 Å². The fraction of sp³-hybridized carbons (Fsp3) is 0.348. The van der Waals surface area contributed by atoms with Crippen LogP contribution in [0.5, 0.6) is 5.75 Å². The summed E-state index contributed by atoms with van der Waals surface area (Å²) in [5.74, 6) is -3.53. The van der Waals surface area contributed by atoms with E-state index in [-0.39, 0.29) is 43.2 Å². The molecular formula is C23H25ClF3N3O5S. The van der Waals surface area contributed by atoms with Gasteiger partial charge in [-0.2, -0.15) is 0 Å². The van der Waals surface area contributed by atoms with Crippen LogP contribution in [0.4, 0.5) is 23.7 Å². The molecule has 3 rings (SSSR count). The number of hydrogen-bond donors (Lipinski definition) is 2. The van der Waals surface area contributed by atoms with Gasteiger partial charge >= 0.3 is 6.16 Å². The van der Waals surface area contributed by atoms with E-state index >= 15 is 0 Å². The lowest BCUT2D eigenvalue weighted by Crippen LogP contribution is -2.44. The lowest BCUT2D eigenvalue weighted by atomic mass is 10.0. The minimum Gasteiger partial charge on any atom is -0.434 e. The molecule has 2 amide bonds. The largest absolute Gasteiger partial charge is 0.513 e. The van der Waals surface area contributed by atoms with E-state index in [9.17, 15) is 27.6 Å². The Kier molecular flexibility index (Phi) is 10.9. The summed E-state index contributed by atoms with van der Waals surface area (Å²) >= 11 is 1.28. The van der Waals surface area contributed by atoms with Gasteiger partial charge in [0.05, 0.1) is 6.61 Å². The van der Waals surface area contributed by atoms with E-state index in [2.05, 4.69) is 10.1 Å². The number of hydrogen-bond acceptors (Lipinski definition) is 7. The Bertz CT molecular complexity index is 1090. The van der Waals surface area contributed by atoms with Crippen LogP contribution >= 0.6 is 24.2 Å². The number of nitrogens with two attached hydrogens (primary N) is 1. The van der Waals surface area contributed by atoms with Crippen LogP contribution in [0, 0.1) is 17.5 Å². The Hall–Kier alpha value is -2.96. The molecule has 13 heteroatoms. The first-order chi connectivity index (χ1) is 16.7. The normalized spacial score (nSPS) is 15.6. The third kappa shape index (κ3) is 7.77. The van der Waals surface area contributed by atoms with Crippen LogP contribution < -0.4 is 15.8 Å². The second-order valence-electron chi connectivity index (χ2n) is 7.64. The fourth-order valence-corrected chi connectivity index (χ4v) is 4.55. The van der Waals surface area contributed by atoms with Crippen LogP contribution in [0.2, 0.25) is 0 Å². The maximum Gasteiger partial charge on any atom is 0.513 e. The first-order valence-corrected chi connectivity index (χ1v) is 11.8. The van der Waals surface area contributed by atoms with Crippen LogP contribution in [0.15, 0.2) is 36.4 Å². The number of carbonyl (C=O) groups excluding carboxylic acids is 3. The summed E-state index contributed by atoms with van der Waals surface area (Å²) < 4.78 is 50.1. The summed E-state index contributed by atoms with van der Waals surface area (Å²) in [6.07, 6.45) is -1.22. The Morgan fingerprint density at radius 2 is 1.81 bits per heavy atom. The SMILES string of the molecule is CCOC(=O)Oc1ccc(NC(=O)C2SCCN2C(=O)C[C@H](N)Cc2cc(F)c(F)cc2F)cc1.Cl. The zero-order chi connectivity index (χ0) is 25.5. The van der Waals surface area contributed by atoms with Crippen molar-refractivity contribution in [1.29, 1.82) is 0 Å². The zero-order valence-corrected chi connectivity index (χ0v) is 20.8. The van der Waals surface area contributed by atoms with Crippen LogP contribution in [0.1, 0.15) is 18.9 Å². The third-order valence-electron chi connectivity index (χ3n) is 5.03. The lowest BCUT2D eigenvalue weighted by Gasteiger charge is -2.24. The number of benzene rings is 2. The van der Waals surface area contributed by atoms with Crippen LogP contribution in [0.3, 0.4) is 0 Å². The monoisotopic (exact) mass is 547 g/mol. The van der Waals surface area contributed by atoms with Gasteiger partial charge in [-0.25, -0.2) is 18.0 Å². The highest BCUT2D eigenvalue weighted by atomic mass is 35.5. The number of ether oxygens (including phenoxy) is 2. The molecule has 0 saturated carbocycles. The van der Waals surface area contributed by atoms with Crippen LogP contribution in [-0.4, -0.2) is 53.2 Å². The first kappa shape index (κ1) is 29.3. The predicted octanol–water partition coefficient (Wildman–Crippen LogP) is 3.86. The molecular weight excluding hydrogens is 523 g/mol. The molecule has 196 valence electrons. The summed E-state index contributed by atoms with van der Waals surface area (Å²) in [6, 6.07) is 6.32. The molecule has 0 aliphatic carbocycles. The average Bonchev–Trinajstić information content (AvgIpc) is 3.29. The van der Waals surface area contributed by atoms with Crippen molar-refractivity contribution in [3.63, 3.8) is 0 Å². The molecule has 1 aliphatic rings. The van der Waals surface area contributed by atoms with Gasteiger partial charge in [-0.1, -0.05) is 0 Å². The topological polar surface area (TPSA) is 111 Å². The molecule has 1 aliphatic heterocycles. The van der Waals surface area contributed by atoms with E-state index in [0.29, 0.717) is 24.1 Å². The van der Waals surface area contributed by atoms with Crippen LogP contribution in [-0.2, 0) is 20.7 Å². The number of carbonyl (C=O) groups is 3. The number of rotatable bonds is 8. The van der Waals surface area contributed by atoms with Gasteiger partial charge in [0.2, 0.25) is 5.91 Å². The Labute approximate surface area is 216 Å². The van der Waals surface area contributed by atoms with Gasteiger partial charge in [-0.3, -0.25) is 9.59 Å². The van der Waals surface area contributed by atoms with Crippen molar-refractivity contribution in [2.45, 2.75) is 31.2 Å². The van der Waals surface area contributed by atoms with E-state index in [1.54, 1.807) is 6.92 Å². The predicted molar refractivity (Wildman–Crippen MR) is 131 cm³/mol. The van der Waals surface area contributed by atoms with Crippen molar-refractivity contribution < 1.29 is 37.0 Å². The minimum atomic E-state index is -1.31. The summed E-state index contributed by atoms with van der Waals surface area (Å²) in [6.45, 7) is 2.14. The van der Waals surface area contributed by atoms with Gasteiger partial charge in [0, 0.05) is 36.5 Å². The number of amides is 2. The Morgan fingerprint density at radius 3 is 2.47 bits per heavy atom. The van der Waals surface area contributed by atoms with Crippen molar-refractivity contribution in [2.24, 2.45) is 5.73 Å². The highest BCUT2D eigenvalue weighted by molar-refractivity contribution is 8.00. The summed E-state index contributed by atoms with van der Waals surface area (Å²) in [5.41, 5.74) is 6.25. The molecule has 0 radical (unpaired) electrons. The molecule has 0 spiro atoms. The molecule has 36 heavy (non-hydrogen) atoms.